The molecular formula is C14H16N2O3. The first-order valence-corrected chi connectivity index (χ1v) is 5.95. The number of carbonyl (C=O) groups excluding carboxylic acids is 2. The first-order chi connectivity index (χ1) is 8.93. The Labute approximate surface area is 112 Å². The number of esters is 1. The van der Waals surface area contributed by atoms with Crippen molar-refractivity contribution >= 4 is 17.6 Å². The number of benzene rings is 1. The van der Waals surface area contributed by atoms with Gasteiger partial charge in [-0.25, -0.2) is 0 Å². The molecule has 100 valence electrons. The van der Waals surface area contributed by atoms with Gasteiger partial charge in [-0.3, -0.25) is 9.59 Å². The zero-order chi connectivity index (χ0) is 14.4. The highest BCUT2D eigenvalue weighted by Gasteiger charge is 2.19. The van der Waals surface area contributed by atoms with Crippen LogP contribution in [0.15, 0.2) is 24.3 Å². The molecule has 5 heteroatoms. The zero-order valence-electron chi connectivity index (χ0n) is 11.1. The second kappa shape index (κ2) is 6.55. The third kappa shape index (κ3) is 4.43. The average molecular weight is 260 g/mol. The van der Waals surface area contributed by atoms with E-state index in [1.54, 1.807) is 38.1 Å². The first kappa shape index (κ1) is 14.7. The number of nitriles is 1. The van der Waals surface area contributed by atoms with Crippen LogP contribution >= 0.6 is 0 Å². The van der Waals surface area contributed by atoms with Gasteiger partial charge in [0.1, 0.15) is 0 Å². The molecule has 1 N–H and O–H groups in total. The lowest BCUT2D eigenvalue weighted by atomic mass is 10.2. The van der Waals surface area contributed by atoms with Gasteiger partial charge in [0.15, 0.2) is 6.10 Å². The summed E-state index contributed by atoms with van der Waals surface area (Å²) in [5.41, 5.74) is 1.06. The Kier molecular flexibility index (Phi) is 5.07. The number of nitrogens with one attached hydrogen (secondary N) is 1. The third-order valence-corrected chi connectivity index (χ3v) is 2.42. The minimum Gasteiger partial charge on any atom is -0.452 e. The monoisotopic (exact) mass is 260 g/mol. The van der Waals surface area contributed by atoms with E-state index in [1.165, 1.54) is 6.92 Å². The molecule has 0 aliphatic heterocycles. The van der Waals surface area contributed by atoms with Crippen LogP contribution in [0.4, 0.5) is 5.69 Å². The van der Waals surface area contributed by atoms with Gasteiger partial charge < -0.3 is 10.1 Å². The van der Waals surface area contributed by atoms with E-state index < -0.39 is 18.0 Å². The van der Waals surface area contributed by atoms with Crippen LogP contribution < -0.4 is 5.32 Å². The normalized spacial score (nSPS) is 11.5. The standard InChI is InChI=1S/C14H16N2O3/c1-9(2)14(18)19-10(3)13(17)16-12-6-4-11(8-15)5-7-12/h4-7,9-10H,1-3H3,(H,16,17)/t10-/m1/s1. The van der Waals surface area contributed by atoms with Crippen molar-refractivity contribution in [3.8, 4) is 6.07 Å². The van der Waals surface area contributed by atoms with Crippen molar-refractivity contribution in [2.45, 2.75) is 26.9 Å². The summed E-state index contributed by atoms with van der Waals surface area (Å²) in [6, 6.07) is 8.42. The minimum atomic E-state index is -0.856. The summed E-state index contributed by atoms with van der Waals surface area (Å²) in [7, 11) is 0. The number of amides is 1. The van der Waals surface area contributed by atoms with Crippen LogP contribution in [-0.2, 0) is 14.3 Å². The van der Waals surface area contributed by atoms with Crippen LogP contribution in [0.25, 0.3) is 0 Å². The minimum absolute atomic E-state index is 0.273. The molecule has 0 saturated carbocycles. The highest BCUT2D eigenvalue weighted by atomic mass is 16.5. The molecule has 1 rings (SSSR count). The molecule has 1 aromatic rings. The maximum absolute atomic E-state index is 11.8. The molecule has 0 aliphatic carbocycles. The van der Waals surface area contributed by atoms with Gasteiger partial charge in [-0.05, 0) is 31.2 Å². The van der Waals surface area contributed by atoms with E-state index in [-0.39, 0.29) is 5.92 Å². The molecule has 0 bridgehead atoms. The number of rotatable bonds is 4. The van der Waals surface area contributed by atoms with Gasteiger partial charge in [0.2, 0.25) is 0 Å². The van der Waals surface area contributed by atoms with Gasteiger partial charge in [-0.1, -0.05) is 13.8 Å². The summed E-state index contributed by atoms with van der Waals surface area (Å²) < 4.78 is 4.99. The predicted molar refractivity (Wildman–Crippen MR) is 70.2 cm³/mol. The number of carbonyl (C=O) groups is 2. The van der Waals surface area contributed by atoms with Crippen molar-refractivity contribution in [1.29, 1.82) is 5.26 Å². The molecule has 19 heavy (non-hydrogen) atoms. The molecule has 1 atom stereocenters. The number of hydrogen-bond donors (Lipinski definition) is 1. The molecule has 1 aromatic carbocycles. The van der Waals surface area contributed by atoms with Crippen LogP contribution in [-0.4, -0.2) is 18.0 Å². The fourth-order valence-electron chi connectivity index (χ4n) is 1.24. The summed E-state index contributed by atoms with van der Waals surface area (Å²) >= 11 is 0. The Morgan fingerprint density at radius 3 is 2.26 bits per heavy atom. The summed E-state index contributed by atoms with van der Waals surface area (Å²) in [4.78, 5) is 23.1. The van der Waals surface area contributed by atoms with Gasteiger partial charge in [-0.15, -0.1) is 0 Å². The largest absolute Gasteiger partial charge is 0.452 e. The summed E-state index contributed by atoms with van der Waals surface area (Å²) in [5.74, 6) is -1.09. The second-order valence-electron chi connectivity index (χ2n) is 4.41. The van der Waals surface area contributed by atoms with E-state index in [0.29, 0.717) is 11.3 Å². The molecular weight excluding hydrogens is 244 g/mol. The number of nitrogens with zero attached hydrogens (tertiary/aromatic N) is 1. The van der Waals surface area contributed by atoms with Crippen LogP contribution in [0.2, 0.25) is 0 Å². The molecule has 0 radical (unpaired) electrons. The summed E-state index contributed by atoms with van der Waals surface area (Å²) in [6.45, 7) is 4.92. The van der Waals surface area contributed by atoms with Crippen LogP contribution in [0.5, 0.6) is 0 Å². The van der Waals surface area contributed by atoms with Crippen molar-refractivity contribution in [1.82, 2.24) is 0 Å². The first-order valence-electron chi connectivity index (χ1n) is 5.95. The van der Waals surface area contributed by atoms with Crippen molar-refractivity contribution in [2.24, 2.45) is 5.92 Å². The zero-order valence-corrected chi connectivity index (χ0v) is 11.1. The molecule has 0 heterocycles. The molecule has 0 spiro atoms. The fourth-order valence-corrected chi connectivity index (χ4v) is 1.24. The second-order valence-corrected chi connectivity index (χ2v) is 4.41. The Balaban J connectivity index is 2.58. The average Bonchev–Trinajstić information content (AvgIpc) is 2.39. The molecule has 1 amide bonds. The van der Waals surface area contributed by atoms with E-state index >= 15 is 0 Å². The Morgan fingerprint density at radius 1 is 1.21 bits per heavy atom. The lowest BCUT2D eigenvalue weighted by molar-refractivity contribution is -0.156. The Morgan fingerprint density at radius 2 is 1.79 bits per heavy atom. The SMILES string of the molecule is CC(C)C(=O)O[C@H](C)C(=O)Nc1ccc(C#N)cc1. The van der Waals surface area contributed by atoms with Crippen molar-refractivity contribution in [3.63, 3.8) is 0 Å². The van der Waals surface area contributed by atoms with Gasteiger partial charge >= 0.3 is 5.97 Å². The van der Waals surface area contributed by atoms with E-state index in [1.807, 2.05) is 6.07 Å². The Hall–Kier alpha value is -2.35. The predicted octanol–water partition coefficient (Wildman–Crippen LogP) is 2.08. The maximum Gasteiger partial charge on any atom is 0.309 e. The fraction of sp³-hybridized carbons (Fsp3) is 0.357. The quantitative estimate of drug-likeness (QED) is 0.840. The molecule has 0 aliphatic rings. The van der Waals surface area contributed by atoms with Crippen molar-refractivity contribution < 1.29 is 14.3 Å². The van der Waals surface area contributed by atoms with Crippen LogP contribution in [0.1, 0.15) is 26.3 Å². The van der Waals surface area contributed by atoms with Gasteiger partial charge in [0, 0.05) is 5.69 Å². The van der Waals surface area contributed by atoms with Gasteiger partial charge in [-0.2, -0.15) is 5.26 Å². The number of ether oxygens (including phenoxy) is 1. The highest BCUT2D eigenvalue weighted by molar-refractivity contribution is 5.95. The molecule has 0 unspecified atom stereocenters. The van der Waals surface area contributed by atoms with Crippen molar-refractivity contribution in [3.05, 3.63) is 29.8 Å². The lowest BCUT2D eigenvalue weighted by Gasteiger charge is -2.14. The molecule has 0 aromatic heterocycles. The number of hydrogen-bond acceptors (Lipinski definition) is 4. The third-order valence-electron chi connectivity index (χ3n) is 2.42. The van der Waals surface area contributed by atoms with Crippen LogP contribution in [0, 0.1) is 17.2 Å². The summed E-state index contributed by atoms with van der Waals surface area (Å²) in [6.07, 6.45) is -0.856. The van der Waals surface area contributed by atoms with E-state index in [2.05, 4.69) is 5.32 Å². The van der Waals surface area contributed by atoms with E-state index in [9.17, 15) is 9.59 Å². The van der Waals surface area contributed by atoms with E-state index in [4.69, 9.17) is 10.00 Å². The maximum atomic E-state index is 11.8. The van der Waals surface area contributed by atoms with E-state index in [0.717, 1.165) is 0 Å². The molecule has 5 nitrogen and oxygen atoms in total. The molecule has 0 fully saturated rings. The van der Waals surface area contributed by atoms with Gasteiger partial charge in [0.25, 0.3) is 5.91 Å². The number of anilines is 1. The van der Waals surface area contributed by atoms with Crippen molar-refractivity contribution in [2.75, 3.05) is 5.32 Å². The van der Waals surface area contributed by atoms with Gasteiger partial charge in [0.05, 0.1) is 17.6 Å². The smallest absolute Gasteiger partial charge is 0.309 e. The summed E-state index contributed by atoms with van der Waals surface area (Å²) in [5, 5.41) is 11.3. The Bertz CT molecular complexity index is 500. The van der Waals surface area contributed by atoms with Crippen LogP contribution in [0.3, 0.4) is 0 Å². The topological polar surface area (TPSA) is 79.2 Å². The highest BCUT2D eigenvalue weighted by Crippen LogP contribution is 2.10. The molecule has 0 saturated heterocycles. The lowest BCUT2D eigenvalue weighted by Crippen LogP contribution is -2.31.